The summed E-state index contributed by atoms with van der Waals surface area (Å²) in [5.41, 5.74) is 1.30. The topological polar surface area (TPSA) is 43.1 Å². The molecule has 0 radical (unpaired) electrons. The van der Waals surface area contributed by atoms with Gasteiger partial charge in [0.05, 0.1) is 5.69 Å². The highest BCUT2D eigenvalue weighted by Crippen LogP contribution is 2.10. The monoisotopic (exact) mass is 213 g/mol. The molecule has 1 aromatic heterocycles. The van der Waals surface area contributed by atoms with Gasteiger partial charge >= 0.3 is 0 Å². The van der Waals surface area contributed by atoms with Crippen molar-refractivity contribution in [1.82, 2.24) is 4.98 Å². The second-order valence-electron chi connectivity index (χ2n) is 3.33. The van der Waals surface area contributed by atoms with Crippen LogP contribution in [0.5, 0.6) is 0 Å². The van der Waals surface area contributed by atoms with Gasteiger partial charge in [-0.1, -0.05) is 36.4 Å². The lowest BCUT2D eigenvalue weighted by Gasteiger charge is -1.94. The lowest BCUT2D eigenvalue weighted by molar-refractivity contribution is 0.100. The molecule has 0 saturated carbocycles. The second kappa shape index (κ2) is 4.57. The molecule has 0 bridgehead atoms. The zero-order valence-electron chi connectivity index (χ0n) is 8.72. The number of aromatic nitrogens is 1. The Hall–Kier alpha value is -2.16. The van der Waals surface area contributed by atoms with Crippen LogP contribution in [0.25, 0.3) is 0 Å². The van der Waals surface area contributed by atoms with Crippen LogP contribution in [-0.2, 0) is 6.42 Å². The second-order valence-corrected chi connectivity index (χ2v) is 3.33. The van der Waals surface area contributed by atoms with Gasteiger partial charge in [0, 0.05) is 12.0 Å². The Morgan fingerprint density at radius 3 is 2.81 bits per heavy atom. The molecule has 1 heterocycles. The van der Waals surface area contributed by atoms with Gasteiger partial charge in [-0.3, -0.25) is 4.79 Å². The summed E-state index contributed by atoms with van der Waals surface area (Å²) in [6.45, 7) is 3.60. The highest BCUT2D eigenvalue weighted by Gasteiger charge is 2.14. The fourth-order valence-corrected chi connectivity index (χ4v) is 1.37. The lowest BCUT2D eigenvalue weighted by Crippen LogP contribution is -2.01. The Morgan fingerprint density at radius 1 is 1.38 bits per heavy atom. The minimum absolute atomic E-state index is 0.128. The average Bonchev–Trinajstić information content (AvgIpc) is 2.78. The third-order valence-corrected chi connectivity index (χ3v) is 2.14. The minimum atomic E-state index is -0.198. The molecule has 0 aliphatic heterocycles. The largest absolute Gasteiger partial charge is 0.442 e. The summed E-state index contributed by atoms with van der Waals surface area (Å²) >= 11 is 0. The predicted molar refractivity (Wildman–Crippen MR) is 60.3 cm³/mol. The van der Waals surface area contributed by atoms with Gasteiger partial charge < -0.3 is 4.42 Å². The smallest absolute Gasteiger partial charge is 0.268 e. The quantitative estimate of drug-likeness (QED) is 0.579. The van der Waals surface area contributed by atoms with E-state index in [1.165, 1.54) is 6.26 Å². The predicted octanol–water partition coefficient (Wildman–Crippen LogP) is 2.63. The van der Waals surface area contributed by atoms with Gasteiger partial charge in [-0.05, 0) is 0 Å². The summed E-state index contributed by atoms with van der Waals surface area (Å²) in [4.78, 5) is 16.0. The van der Waals surface area contributed by atoms with Crippen LogP contribution in [0.15, 0.2) is 53.7 Å². The molecule has 3 heteroatoms. The number of hydrogen-bond acceptors (Lipinski definition) is 3. The van der Waals surface area contributed by atoms with E-state index in [0.717, 1.165) is 0 Å². The maximum absolute atomic E-state index is 11.9. The van der Waals surface area contributed by atoms with E-state index >= 15 is 0 Å². The molecule has 0 spiro atoms. The van der Waals surface area contributed by atoms with Gasteiger partial charge in [0.25, 0.3) is 5.89 Å². The molecule has 0 fully saturated rings. The summed E-state index contributed by atoms with van der Waals surface area (Å²) in [5.74, 6) is -0.0704. The molecule has 80 valence electrons. The number of ketones is 1. The molecule has 3 nitrogen and oxygen atoms in total. The van der Waals surface area contributed by atoms with Crippen LogP contribution in [0.4, 0.5) is 0 Å². The Labute approximate surface area is 93.4 Å². The van der Waals surface area contributed by atoms with Crippen molar-refractivity contribution in [2.24, 2.45) is 0 Å². The zero-order chi connectivity index (χ0) is 11.4. The first-order chi connectivity index (χ1) is 7.81. The van der Waals surface area contributed by atoms with Crippen LogP contribution in [0.2, 0.25) is 0 Å². The Kier molecular flexibility index (Phi) is 2.96. The molecule has 1 aromatic carbocycles. The third kappa shape index (κ3) is 2.08. The molecule has 0 aliphatic carbocycles. The molecule has 2 aromatic rings. The number of hydrogen-bond donors (Lipinski definition) is 0. The molecule has 0 saturated heterocycles. The van der Waals surface area contributed by atoms with Gasteiger partial charge in [0.2, 0.25) is 5.78 Å². The number of nitrogens with zero attached hydrogens (tertiary/aromatic N) is 1. The van der Waals surface area contributed by atoms with Crippen molar-refractivity contribution < 1.29 is 9.21 Å². The van der Waals surface area contributed by atoms with Crippen LogP contribution in [0.3, 0.4) is 0 Å². The van der Waals surface area contributed by atoms with Crippen LogP contribution < -0.4 is 0 Å². The van der Waals surface area contributed by atoms with E-state index in [2.05, 4.69) is 11.6 Å². The van der Waals surface area contributed by atoms with E-state index in [0.29, 0.717) is 17.7 Å². The Morgan fingerprint density at radius 2 is 2.12 bits per heavy atom. The van der Waals surface area contributed by atoms with Crippen molar-refractivity contribution in [2.75, 3.05) is 0 Å². The average molecular weight is 213 g/mol. The molecule has 2 rings (SSSR count). The number of allylic oxidation sites excluding steroid dienone is 1. The van der Waals surface area contributed by atoms with E-state index < -0.39 is 0 Å². The third-order valence-electron chi connectivity index (χ3n) is 2.14. The van der Waals surface area contributed by atoms with Crippen LogP contribution in [0.1, 0.15) is 21.9 Å². The zero-order valence-corrected chi connectivity index (χ0v) is 8.72. The molecule has 16 heavy (non-hydrogen) atoms. The van der Waals surface area contributed by atoms with Crippen LogP contribution >= 0.6 is 0 Å². The first kappa shape index (κ1) is 10.4. The van der Waals surface area contributed by atoms with E-state index in [1.54, 1.807) is 30.3 Å². The summed E-state index contributed by atoms with van der Waals surface area (Å²) in [6.07, 6.45) is 3.80. The van der Waals surface area contributed by atoms with Crippen molar-refractivity contribution in [1.29, 1.82) is 0 Å². The number of rotatable bonds is 4. The van der Waals surface area contributed by atoms with Gasteiger partial charge in [-0.2, -0.15) is 0 Å². The summed E-state index contributed by atoms with van der Waals surface area (Å²) in [7, 11) is 0. The maximum Gasteiger partial charge on any atom is 0.268 e. The van der Waals surface area contributed by atoms with E-state index in [-0.39, 0.29) is 11.7 Å². The molecule has 0 unspecified atom stereocenters. The van der Waals surface area contributed by atoms with Crippen molar-refractivity contribution in [3.63, 3.8) is 0 Å². The number of oxazole rings is 1. The van der Waals surface area contributed by atoms with Crippen molar-refractivity contribution >= 4 is 5.78 Å². The number of carbonyl (C=O) groups excluding carboxylic acids is 1. The molecule has 0 atom stereocenters. The first-order valence-corrected chi connectivity index (χ1v) is 4.96. The van der Waals surface area contributed by atoms with Crippen molar-refractivity contribution in [2.45, 2.75) is 6.42 Å². The molecule has 0 amide bonds. The van der Waals surface area contributed by atoms with Gasteiger partial charge in [0.15, 0.2) is 0 Å². The SMILES string of the molecule is C=CCc1coc(C(=O)c2ccccc2)n1. The van der Waals surface area contributed by atoms with Gasteiger partial charge in [-0.15, -0.1) is 6.58 Å². The van der Waals surface area contributed by atoms with Crippen LogP contribution in [0, 0.1) is 0 Å². The normalized spacial score (nSPS) is 10.0. The number of benzene rings is 1. The minimum Gasteiger partial charge on any atom is -0.442 e. The maximum atomic E-state index is 11.9. The van der Waals surface area contributed by atoms with Crippen molar-refractivity contribution in [3.05, 3.63) is 66.4 Å². The van der Waals surface area contributed by atoms with E-state index in [4.69, 9.17) is 4.42 Å². The fourth-order valence-electron chi connectivity index (χ4n) is 1.37. The standard InChI is InChI=1S/C13H11NO2/c1-2-6-11-9-16-13(14-11)12(15)10-7-4-3-5-8-10/h2-5,7-9H,1,6H2. The molecule has 0 aliphatic rings. The molecular formula is C13H11NO2. The Bertz CT molecular complexity index is 500. The van der Waals surface area contributed by atoms with Gasteiger partial charge in [0.1, 0.15) is 6.26 Å². The fraction of sp³-hybridized carbons (Fsp3) is 0.0769. The first-order valence-electron chi connectivity index (χ1n) is 4.96. The van der Waals surface area contributed by atoms with E-state index in [1.807, 2.05) is 6.07 Å². The van der Waals surface area contributed by atoms with Gasteiger partial charge in [-0.25, -0.2) is 4.98 Å². The summed E-state index contributed by atoms with van der Waals surface area (Å²) in [5, 5.41) is 0. The summed E-state index contributed by atoms with van der Waals surface area (Å²) < 4.78 is 5.12. The van der Waals surface area contributed by atoms with E-state index in [9.17, 15) is 4.79 Å². The van der Waals surface area contributed by atoms with Crippen molar-refractivity contribution in [3.8, 4) is 0 Å². The van der Waals surface area contributed by atoms with Crippen LogP contribution in [-0.4, -0.2) is 10.8 Å². The highest BCUT2D eigenvalue weighted by molar-refractivity contribution is 6.05. The Balaban J connectivity index is 2.24. The number of carbonyl (C=O) groups is 1. The lowest BCUT2D eigenvalue weighted by atomic mass is 10.1. The highest BCUT2D eigenvalue weighted by atomic mass is 16.3. The summed E-state index contributed by atoms with van der Waals surface area (Å²) in [6, 6.07) is 8.94. The molecule has 0 N–H and O–H groups in total. The molecular weight excluding hydrogens is 202 g/mol.